The summed E-state index contributed by atoms with van der Waals surface area (Å²) in [5.74, 6) is 0.258. The largest absolute Gasteiger partial charge is 0.349 e. The first-order valence-corrected chi connectivity index (χ1v) is 12.1. The van der Waals surface area contributed by atoms with E-state index in [1.165, 1.54) is 0 Å². The van der Waals surface area contributed by atoms with Gasteiger partial charge in [-0.2, -0.15) is 0 Å². The fraction of sp³-hybridized carbons (Fsp3) is 0.296. The summed E-state index contributed by atoms with van der Waals surface area (Å²) < 4.78 is 3.70. The van der Waals surface area contributed by atoms with Crippen molar-refractivity contribution in [3.8, 4) is 5.69 Å². The SMILES string of the molecule is Cc1ncc(Cl)cc1C(=O)N[C@H]1CC[C@H](Cn2c(=O)n(-c3ccccc3)c3ccccc32)CC1. The number of aryl methyl sites for hydroxylation is 1. The van der Waals surface area contributed by atoms with Crippen LogP contribution in [0.15, 0.2) is 71.7 Å². The van der Waals surface area contributed by atoms with Crippen molar-refractivity contribution in [2.75, 3.05) is 0 Å². The van der Waals surface area contributed by atoms with Crippen molar-refractivity contribution >= 4 is 28.5 Å². The Morgan fingerprint density at radius 2 is 1.71 bits per heavy atom. The number of pyridine rings is 1. The van der Waals surface area contributed by atoms with Gasteiger partial charge in [0.15, 0.2) is 0 Å². The van der Waals surface area contributed by atoms with E-state index < -0.39 is 0 Å². The zero-order valence-electron chi connectivity index (χ0n) is 19.1. The molecule has 2 aromatic heterocycles. The number of imidazole rings is 1. The van der Waals surface area contributed by atoms with E-state index in [0.29, 0.717) is 28.7 Å². The smallest absolute Gasteiger partial charge is 0.333 e. The predicted octanol–water partition coefficient (Wildman–Crippen LogP) is 5.14. The molecule has 0 aliphatic heterocycles. The van der Waals surface area contributed by atoms with Gasteiger partial charge in [0.2, 0.25) is 0 Å². The second-order valence-corrected chi connectivity index (χ2v) is 9.47. The molecule has 1 aliphatic rings. The van der Waals surface area contributed by atoms with Crippen LogP contribution in [0.2, 0.25) is 5.02 Å². The van der Waals surface area contributed by atoms with E-state index in [1.807, 2.05) is 66.1 Å². The Hall–Kier alpha value is -3.38. The van der Waals surface area contributed by atoms with Crippen LogP contribution in [0.4, 0.5) is 0 Å². The van der Waals surface area contributed by atoms with Gasteiger partial charge in [-0.05, 0) is 68.9 Å². The fourth-order valence-corrected chi connectivity index (χ4v) is 5.12. The monoisotopic (exact) mass is 474 g/mol. The van der Waals surface area contributed by atoms with Gasteiger partial charge < -0.3 is 5.32 Å². The average molecular weight is 475 g/mol. The third-order valence-electron chi connectivity index (χ3n) is 6.77. The van der Waals surface area contributed by atoms with Gasteiger partial charge >= 0.3 is 5.69 Å². The number of benzene rings is 2. The molecule has 0 unspecified atom stereocenters. The second-order valence-electron chi connectivity index (χ2n) is 9.03. The third kappa shape index (κ3) is 4.38. The van der Waals surface area contributed by atoms with Crippen molar-refractivity contribution in [1.82, 2.24) is 19.4 Å². The van der Waals surface area contributed by atoms with Crippen molar-refractivity contribution in [3.63, 3.8) is 0 Å². The van der Waals surface area contributed by atoms with E-state index in [1.54, 1.807) is 16.8 Å². The van der Waals surface area contributed by atoms with Crippen molar-refractivity contribution in [2.24, 2.45) is 5.92 Å². The highest BCUT2D eigenvalue weighted by Crippen LogP contribution is 2.28. The molecule has 0 radical (unpaired) electrons. The zero-order chi connectivity index (χ0) is 23.7. The molecule has 6 nitrogen and oxygen atoms in total. The van der Waals surface area contributed by atoms with E-state index in [-0.39, 0.29) is 17.6 Å². The Morgan fingerprint density at radius 3 is 2.44 bits per heavy atom. The molecule has 4 aromatic rings. The number of carbonyl (C=O) groups excluding carboxylic acids is 1. The number of amides is 1. The summed E-state index contributed by atoms with van der Waals surface area (Å²) in [5, 5.41) is 3.60. The lowest BCUT2D eigenvalue weighted by Crippen LogP contribution is -2.39. The quantitative estimate of drug-likeness (QED) is 0.435. The highest BCUT2D eigenvalue weighted by molar-refractivity contribution is 6.30. The average Bonchev–Trinajstić information content (AvgIpc) is 3.13. The molecule has 1 saturated carbocycles. The maximum absolute atomic E-state index is 13.4. The van der Waals surface area contributed by atoms with Gasteiger partial charge in [-0.25, -0.2) is 4.79 Å². The number of para-hydroxylation sites is 3. The van der Waals surface area contributed by atoms with E-state index in [4.69, 9.17) is 11.6 Å². The van der Waals surface area contributed by atoms with Gasteiger partial charge in [-0.3, -0.25) is 18.9 Å². The summed E-state index contributed by atoms with van der Waals surface area (Å²) in [6.07, 6.45) is 5.23. The Kier molecular flexibility index (Phi) is 6.24. The van der Waals surface area contributed by atoms with Gasteiger partial charge in [0.05, 0.1) is 33.0 Å². The van der Waals surface area contributed by atoms with Gasteiger partial charge in [-0.1, -0.05) is 41.9 Å². The summed E-state index contributed by atoms with van der Waals surface area (Å²) >= 11 is 6.02. The fourth-order valence-electron chi connectivity index (χ4n) is 4.96. The molecule has 2 heterocycles. The number of nitrogens with one attached hydrogen (secondary N) is 1. The molecule has 174 valence electrons. The molecule has 0 bridgehead atoms. The predicted molar refractivity (Wildman–Crippen MR) is 135 cm³/mol. The lowest BCUT2D eigenvalue weighted by molar-refractivity contribution is 0.0919. The minimum atomic E-state index is -0.127. The number of halogens is 1. The third-order valence-corrected chi connectivity index (χ3v) is 6.98. The lowest BCUT2D eigenvalue weighted by atomic mass is 9.85. The Bertz CT molecular complexity index is 1390. The van der Waals surface area contributed by atoms with Crippen molar-refractivity contribution in [2.45, 2.75) is 45.2 Å². The van der Waals surface area contributed by atoms with Crippen molar-refractivity contribution in [1.29, 1.82) is 0 Å². The van der Waals surface area contributed by atoms with Crippen LogP contribution in [0.3, 0.4) is 0 Å². The Balaban J connectivity index is 1.30. The first-order valence-electron chi connectivity index (χ1n) is 11.7. The van der Waals surface area contributed by atoms with Crippen LogP contribution in [0, 0.1) is 12.8 Å². The summed E-state index contributed by atoms with van der Waals surface area (Å²) in [6, 6.07) is 19.5. The number of carbonyl (C=O) groups is 1. The highest BCUT2D eigenvalue weighted by Gasteiger charge is 2.25. The molecule has 34 heavy (non-hydrogen) atoms. The van der Waals surface area contributed by atoms with Gasteiger partial charge in [0, 0.05) is 18.8 Å². The molecular weight excluding hydrogens is 448 g/mol. The van der Waals surface area contributed by atoms with Crippen LogP contribution in [0.25, 0.3) is 16.7 Å². The minimum Gasteiger partial charge on any atom is -0.349 e. The first kappa shape index (κ1) is 22.4. The summed E-state index contributed by atoms with van der Waals surface area (Å²) in [6.45, 7) is 2.49. The molecular formula is C27H27ClN4O2. The van der Waals surface area contributed by atoms with Crippen LogP contribution >= 0.6 is 11.6 Å². The van der Waals surface area contributed by atoms with Gasteiger partial charge in [-0.15, -0.1) is 0 Å². The summed E-state index contributed by atoms with van der Waals surface area (Å²) in [5.41, 5.74) is 3.94. The van der Waals surface area contributed by atoms with Crippen LogP contribution in [-0.2, 0) is 6.54 Å². The molecule has 5 rings (SSSR count). The normalized spacial score (nSPS) is 18.2. The topological polar surface area (TPSA) is 68.9 Å². The zero-order valence-corrected chi connectivity index (χ0v) is 19.8. The summed E-state index contributed by atoms with van der Waals surface area (Å²) in [4.78, 5) is 30.4. The summed E-state index contributed by atoms with van der Waals surface area (Å²) in [7, 11) is 0. The molecule has 0 atom stereocenters. The number of fused-ring (bicyclic) bond motifs is 1. The highest BCUT2D eigenvalue weighted by atomic mass is 35.5. The number of nitrogens with zero attached hydrogens (tertiary/aromatic N) is 3. The number of aromatic nitrogens is 3. The molecule has 1 amide bonds. The van der Waals surface area contributed by atoms with Crippen LogP contribution in [0.1, 0.15) is 41.7 Å². The van der Waals surface area contributed by atoms with Crippen LogP contribution in [0.5, 0.6) is 0 Å². The number of rotatable bonds is 5. The maximum Gasteiger partial charge on any atom is 0.333 e. The molecule has 1 aliphatic carbocycles. The standard InChI is InChI=1S/C27H27ClN4O2/c1-18-23(15-20(28)16-29-18)26(33)30-21-13-11-19(12-14-21)17-31-24-9-5-6-10-25(24)32(27(31)34)22-7-3-2-4-8-22/h2-10,15-16,19,21H,11-14,17H2,1H3,(H,30,33)/t19-,21-. The van der Waals surface area contributed by atoms with Crippen LogP contribution in [-0.4, -0.2) is 26.1 Å². The molecule has 7 heteroatoms. The van der Waals surface area contributed by atoms with Gasteiger partial charge in [0.1, 0.15) is 0 Å². The Morgan fingerprint density at radius 1 is 1.03 bits per heavy atom. The van der Waals surface area contributed by atoms with Crippen LogP contribution < -0.4 is 11.0 Å². The maximum atomic E-state index is 13.4. The van der Waals surface area contributed by atoms with E-state index in [9.17, 15) is 9.59 Å². The minimum absolute atomic E-state index is 0.00763. The van der Waals surface area contributed by atoms with E-state index in [0.717, 1.165) is 42.4 Å². The lowest BCUT2D eigenvalue weighted by Gasteiger charge is -2.29. The number of hydrogen-bond acceptors (Lipinski definition) is 3. The molecule has 1 N–H and O–H groups in total. The molecule has 0 saturated heterocycles. The van der Waals surface area contributed by atoms with Crippen molar-refractivity contribution in [3.05, 3.63) is 93.6 Å². The molecule has 0 spiro atoms. The van der Waals surface area contributed by atoms with Gasteiger partial charge in [0.25, 0.3) is 5.91 Å². The Labute approximate surface area is 203 Å². The number of hydrogen-bond donors (Lipinski definition) is 1. The van der Waals surface area contributed by atoms with Crippen molar-refractivity contribution < 1.29 is 4.79 Å². The second kappa shape index (κ2) is 9.47. The van der Waals surface area contributed by atoms with E-state index >= 15 is 0 Å². The molecule has 1 fully saturated rings. The first-order chi connectivity index (χ1) is 16.5. The van der Waals surface area contributed by atoms with E-state index in [2.05, 4.69) is 10.3 Å². The molecule has 2 aromatic carbocycles.